The van der Waals surface area contributed by atoms with E-state index in [0.29, 0.717) is 22.5 Å². The van der Waals surface area contributed by atoms with Crippen molar-refractivity contribution >= 4 is 27.9 Å². The molecule has 19 heavy (non-hydrogen) atoms. The number of primary amides is 1. The van der Waals surface area contributed by atoms with E-state index in [2.05, 4.69) is 10.6 Å². The maximum absolute atomic E-state index is 11.4. The number of piperidine rings is 1. The molecule has 2 fully saturated rings. The van der Waals surface area contributed by atoms with E-state index < -0.39 is 5.91 Å². The Labute approximate surface area is 116 Å². The summed E-state index contributed by atoms with van der Waals surface area (Å²) in [4.78, 5) is 11.9. The molecule has 1 aliphatic heterocycles. The van der Waals surface area contributed by atoms with Crippen molar-refractivity contribution in [2.75, 3.05) is 24.1 Å². The number of rotatable bonds is 4. The van der Waals surface area contributed by atoms with Crippen LogP contribution in [0.5, 0.6) is 0 Å². The highest BCUT2D eigenvalue weighted by Gasteiger charge is 2.33. The number of hydrogen-bond donors (Lipinski definition) is 4. The van der Waals surface area contributed by atoms with Crippen LogP contribution in [-0.4, -0.2) is 25.0 Å². The number of nitrogens with two attached hydrogens (primary N) is 2. The van der Waals surface area contributed by atoms with Gasteiger partial charge in [-0.25, -0.2) is 0 Å². The van der Waals surface area contributed by atoms with Gasteiger partial charge in [0.1, 0.15) is 4.88 Å². The second kappa shape index (κ2) is 5.02. The first-order valence-electron chi connectivity index (χ1n) is 6.86. The molecule has 0 aromatic carbocycles. The molecule has 0 unspecified atom stereocenters. The number of amides is 1. The van der Waals surface area contributed by atoms with Crippen molar-refractivity contribution in [1.29, 1.82) is 0 Å². The van der Waals surface area contributed by atoms with Crippen LogP contribution >= 0.6 is 11.3 Å². The molecule has 0 atom stereocenters. The van der Waals surface area contributed by atoms with Gasteiger partial charge >= 0.3 is 0 Å². The third-order valence-electron chi connectivity index (χ3n) is 3.87. The monoisotopic (exact) mass is 280 g/mol. The van der Waals surface area contributed by atoms with Crippen LogP contribution in [0.3, 0.4) is 0 Å². The van der Waals surface area contributed by atoms with Gasteiger partial charge in [-0.3, -0.25) is 4.79 Å². The van der Waals surface area contributed by atoms with Crippen molar-refractivity contribution in [2.45, 2.75) is 37.6 Å². The zero-order chi connectivity index (χ0) is 13.4. The van der Waals surface area contributed by atoms with Gasteiger partial charge in [0, 0.05) is 11.6 Å². The molecule has 1 saturated carbocycles. The zero-order valence-corrected chi connectivity index (χ0v) is 11.7. The number of anilines is 2. The van der Waals surface area contributed by atoms with Gasteiger partial charge in [0.05, 0.1) is 10.7 Å². The van der Waals surface area contributed by atoms with Crippen LogP contribution in [0.15, 0.2) is 0 Å². The summed E-state index contributed by atoms with van der Waals surface area (Å²) < 4.78 is 0. The first-order chi connectivity index (χ1) is 9.16. The predicted octanol–water partition coefficient (Wildman–Crippen LogP) is 1.47. The molecule has 6 N–H and O–H groups in total. The van der Waals surface area contributed by atoms with E-state index in [1.54, 1.807) is 0 Å². The molecule has 5 nitrogen and oxygen atoms in total. The average molecular weight is 280 g/mol. The lowest BCUT2D eigenvalue weighted by Gasteiger charge is -2.24. The zero-order valence-electron chi connectivity index (χ0n) is 10.9. The van der Waals surface area contributed by atoms with Gasteiger partial charge in [-0.1, -0.05) is 0 Å². The molecule has 0 bridgehead atoms. The topological polar surface area (TPSA) is 93.2 Å². The Morgan fingerprint density at radius 3 is 2.53 bits per heavy atom. The molecule has 1 aromatic heterocycles. The molecule has 104 valence electrons. The van der Waals surface area contributed by atoms with Crippen LogP contribution in [0.25, 0.3) is 0 Å². The molecule has 1 saturated heterocycles. The van der Waals surface area contributed by atoms with E-state index in [0.717, 1.165) is 36.5 Å². The smallest absolute Gasteiger partial charge is 0.260 e. The molecule has 3 rings (SSSR count). The second-order valence-corrected chi connectivity index (χ2v) is 6.42. The lowest BCUT2D eigenvalue weighted by atomic mass is 10.1. The summed E-state index contributed by atoms with van der Waals surface area (Å²) >= 11 is 1.43. The quantitative estimate of drug-likeness (QED) is 0.672. The normalized spacial score (nSPS) is 20.4. The predicted molar refractivity (Wildman–Crippen MR) is 78.7 cm³/mol. The number of nitrogens with one attached hydrogen (secondary N) is 2. The molecule has 1 aromatic rings. The van der Waals surface area contributed by atoms with E-state index >= 15 is 0 Å². The van der Waals surface area contributed by atoms with E-state index in [1.165, 1.54) is 24.2 Å². The minimum atomic E-state index is -0.414. The third kappa shape index (κ3) is 2.55. The Bertz CT molecular complexity index is 489. The van der Waals surface area contributed by atoms with Crippen LogP contribution in [0.2, 0.25) is 0 Å². The molecular weight excluding hydrogens is 260 g/mol. The fraction of sp³-hybridized carbons (Fsp3) is 0.615. The largest absolute Gasteiger partial charge is 0.397 e. The Morgan fingerprint density at radius 2 is 1.95 bits per heavy atom. The molecule has 0 radical (unpaired) electrons. The molecule has 1 amide bonds. The van der Waals surface area contributed by atoms with Gasteiger partial charge in [-0.15, -0.1) is 11.3 Å². The Morgan fingerprint density at radius 1 is 1.26 bits per heavy atom. The molecule has 6 heteroatoms. The van der Waals surface area contributed by atoms with Crippen molar-refractivity contribution in [2.24, 2.45) is 5.73 Å². The fourth-order valence-corrected chi connectivity index (χ4v) is 3.81. The Hall–Kier alpha value is -1.27. The van der Waals surface area contributed by atoms with Gasteiger partial charge in [-0.2, -0.15) is 0 Å². The van der Waals surface area contributed by atoms with Crippen molar-refractivity contribution in [3.63, 3.8) is 0 Å². The maximum atomic E-state index is 11.4. The lowest BCUT2D eigenvalue weighted by Crippen LogP contribution is -2.35. The fourth-order valence-electron chi connectivity index (χ4n) is 2.68. The highest BCUT2D eigenvalue weighted by atomic mass is 32.1. The first-order valence-corrected chi connectivity index (χ1v) is 7.67. The molecule has 0 spiro atoms. The van der Waals surface area contributed by atoms with Gasteiger partial charge in [0.25, 0.3) is 5.91 Å². The lowest BCUT2D eigenvalue weighted by molar-refractivity contribution is 0.100. The number of carbonyl (C=O) groups is 1. The SMILES string of the molecule is NC(=O)c1sc(NC2CCNCC2)c(C2CC2)c1N. The summed E-state index contributed by atoms with van der Waals surface area (Å²) in [5.41, 5.74) is 13.3. The van der Waals surface area contributed by atoms with Crippen molar-refractivity contribution < 1.29 is 4.79 Å². The first kappa shape index (κ1) is 12.7. The number of carbonyl (C=O) groups excluding carboxylic acids is 1. The van der Waals surface area contributed by atoms with Crippen LogP contribution < -0.4 is 22.1 Å². The van der Waals surface area contributed by atoms with E-state index in [9.17, 15) is 4.79 Å². The Kier molecular flexibility index (Phi) is 3.36. The molecule has 2 heterocycles. The minimum Gasteiger partial charge on any atom is -0.397 e. The summed E-state index contributed by atoms with van der Waals surface area (Å²) in [6, 6.07) is 0.470. The number of nitrogen functional groups attached to an aromatic ring is 1. The number of thiophene rings is 1. The number of hydrogen-bond acceptors (Lipinski definition) is 5. The van der Waals surface area contributed by atoms with Crippen LogP contribution in [0.1, 0.15) is 46.8 Å². The second-order valence-electron chi connectivity index (χ2n) is 5.39. The van der Waals surface area contributed by atoms with Gasteiger partial charge in [-0.05, 0) is 44.7 Å². The minimum absolute atomic E-state index is 0.414. The van der Waals surface area contributed by atoms with E-state index in [4.69, 9.17) is 11.5 Å². The van der Waals surface area contributed by atoms with Crippen LogP contribution in [0, 0.1) is 0 Å². The maximum Gasteiger partial charge on any atom is 0.260 e. The van der Waals surface area contributed by atoms with Gasteiger partial charge in [0.15, 0.2) is 0 Å². The average Bonchev–Trinajstić information content (AvgIpc) is 3.16. The van der Waals surface area contributed by atoms with Crippen LogP contribution in [-0.2, 0) is 0 Å². The summed E-state index contributed by atoms with van der Waals surface area (Å²) in [7, 11) is 0. The van der Waals surface area contributed by atoms with Crippen molar-refractivity contribution in [1.82, 2.24) is 5.32 Å². The standard InChI is InChI=1S/C13H20N4OS/c14-10-9(7-1-2-7)13(19-11(10)12(15)18)17-8-3-5-16-6-4-8/h7-8,16-17H,1-6,14H2,(H2,15,18). The van der Waals surface area contributed by atoms with E-state index in [1.807, 2.05) is 0 Å². The van der Waals surface area contributed by atoms with Gasteiger partial charge < -0.3 is 22.1 Å². The summed E-state index contributed by atoms with van der Waals surface area (Å²) in [6.07, 6.45) is 4.54. The van der Waals surface area contributed by atoms with Crippen molar-refractivity contribution in [3.05, 3.63) is 10.4 Å². The van der Waals surface area contributed by atoms with Crippen molar-refractivity contribution in [3.8, 4) is 0 Å². The molecule has 1 aliphatic carbocycles. The van der Waals surface area contributed by atoms with Gasteiger partial charge in [0.2, 0.25) is 0 Å². The molecular formula is C13H20N4OS. The molecule has 2 aliphatic rings. The van der Waals surface area contributed by atoms with Crippen LogP contribution in [0.4, 0.5) is 10.7 Å². The summed E-state index contributed by atoms with van der Waals surface area (Å²) in [5, 5.41) is 8.00. The van der Waals surface area contributed by atoms with E-state index in [-0.39, 0.29) is 0 Å². The highest BCUT2D eigenvalue weighted by molar-refractivity contribution is 7.18. The highest BCUT2D eigenvalue weighted by Crippen LogP contribution is 2.51. The summed E-state index contributed by atoms with van der Waals surface area (Å²) in [6.45, 7) is 2.08. The third-order valence-corrected chi connectivity index (χ3v) is 5.03. The Balaban J connectivity index is 1.86. The summed E-state index contributed by atoms with van der Waals surface area (Å²) in [5.74, 6) is 0.108.